The van der Waals surface area contributed by atoms with Crippen molar-refractivity contribution in [3.05, 3.63) is 18.0 Å². The number of primary sulfonamides is 1. The average Bonchev–Trinajstić information content (AvgIpc) is 2.65. The summed E-state index contributed by atoms with van der Waals surface area (Å²) in [6.07, 6.45) is 2.00. The molecule has 0 spiro atoms. The molecule has 1 unspecified atom stereocenters. The van der Waals surface area contributed by atoms with Gasteiger partial charge in [0.15, 0.2) is 0 Å². The van der Waals surface area contributed by atoms with E-state index >= 15 is 0 Å². The van der Waals surface area contributed by atoms with Crippen LogP contribution < -0.4 is 10.5 Å². The largest absolute Gasteiger partial charge is 0.356 e. The third-order valence-corrected chi connectivity index (χ3v) is 3.11. The molecule has 16 heavy (non-hydrogen) atoms. The molecule has 0 saturated carbocycles. The highest BCUT2D eigenvalue weighted by atomic mass is 32.2. The number of amides is 1. The van der Waals surface area contributed by atoms with Crippen molar-refractivity contribution in [3.8, 4) is 0 Å². The molecule has 4 N–H and O–H groups in total. The lowest BCUT2D eigenvalue weighted by molar-refractivity contribution is 0.0935. The van der Waals surface area contributed by atoms with E-state index in [0.717, 1.165) is 6.42 Å². The second kappa shape index (κ2) is 4.67. The van der Waals surface area contributed by atoms with Crippen molar-refractivity contribution in [2.75, 3.05) is 0 Å². The first-order valence-corrected chi connectivity index (χ1v) is 6.41. The lowest BCUT2D eigenvalue weighted by atomic mass is 10.2. The van der Waals surface area contributed by atoms with Crippen molar-refractivity contribution in [1.29, 1.82) is 0 Å². The highest BCUT2D eigenvalue weighted by molar-refractivity contribution is 7.89. The van der Waals surface area contributed by atoms with Crippen LogP contribution >= 0.6 is 0 Å². The number of nitrogens with two attached hydrogens (primary N) is 1. The van der Waals surface area contributed by atoms with Crippen LogP contribution in [0.4, 0.5) is 0 Å². The molecule has 1 aromatic rings. The number of H-pyrrole nitrogens is 1. The zero-order valence-electron chi connectivity index (χ0n) is 9.15. The van der Waals surface area contributed by atoms with E-state index in [9.17, 15) is 13.2 Å². The molecular formula is C9H15N3O3S. The Morgan fingerprint density at radius 1 is 1.62 bits per heavy atom. The Kier molecular flexibility index (Phi) is 3.71. The van der Waals surface area contributed by atoms with Crippen LogP contribution in [0.15, 0.2) is 17.2 Å². The summed E-state index contributed by atoms with van der Waals surface area (Å²) in [6, 6.07) is 1.25. The highest BCUT2D eigenvalue weighted by Gasteiger charge is 2.15. The molecule has 0 aliphatic rings. The topological polar surface area (TPSA) is 105 Å². The number of carbonyl (C=O) groups is 1. The molecule has 1 amide bonds. The van der Waals surface area contributed by atoms with Crippen LogP contribution in [-0.2, 0) is 10.0 Å². The van der Waals surface area contributed by atoms with Crippen LogP contribution in [0.3, 0.4) is 0 Å². The minimum atomic E-state index is -3.76. The maximum atomic E-state index is 11.6. The van der Waals surface area contributed by atoms with Crippen molar-refractivity contribution >= 4 is 15.9 Å². The summed E-state index contributed by atoms with van der Waals surface area (Å²) in [5, 5.41) is 7.62. The predicted molar refractivity (Wildman–Crippen MR) is 59.4 cm³/mol. The summed E-state index contributed by atoms with van der Waals surface area (Å²) in [7, 11) is -3.76. The van der Waals surface area contributed by atoms with Gasteiger partial charge in [-0.05, 0) is 19.4 Å². The van der Waals surface area contributed by atoms with Gasteiger partial charge >= 0.3 is 0 Å². The van der Waals surface area contributed by atoms with Crippen molar-refractivity contribution in [1.82, 2.24) is 10.3 Å². The third kappa shape index (κ3) is 3.07. The van der Waals surface area contributed by atoms with Crippen molar-refractivity contribution < 1.29 is 13.2 Å². The van der Waals surface area contributed by atoms with Gasteiger partial charge in [0.2, 0.25) is 10.0 Å². The van der Waals surface area contributed by atoms with Crippen LogP contribution in [0.2, 0.25) is 0 Å². The van der Waals surface area contributed by atoms with Crippen LogP contribution in [-0.4, -0.2) is 25.4 Å². The summed E-state index contributed by atoms with van der Waals surface area (Å²) >= 11 is 0. The van der Waals surface area contributed by atoms with Gasteiger partial charge in [-0.15, -0.1) is 0 Å². The van der Waals surface area contributed by atoms with E-state index < -0.39 is 10.0 Å². The van der Waals surface area contributed by atoms with Gasteiger partial charge in [0, 0.05) is 12.2 Å². The fraction of sp³-hybridized carbons (Fsp3) is 0.444. The Balaban J connectivity index is 2.83. The van der Waals surface area contributed by atoms with E-state index in [1.165, 1.54) is 12.3 Å². The molecule has 7 heteroatoms. The first-order valence-electron chi connectivity index (χ1n) is 4.86. The molecule has 6 nitrogen and oxygen atoms in total. The number of aromatic nitrogens is 1. The molecule has 0 saturated heterocycles. The number of carbonyl (C=O) groups excluding carboxylic acids is 1. The second-order valence-corrected chi connectivity index (χ2v) is 5.14. The minimum absolute atomic E-state index is 0.0359. The molecule has 1 rings (SSSR count). The van der Waals surface area contributed by atoms with Crippen LogP contribution in [0.25, 0.3) is 0 Å². The van der Waals surface area contributed by atoms with E-state index in [2.05, 4.69) is 10.3 Å². The van der Waals surface area contributed by atoms with Crippen LogP contribution in [0, 0.1) is 0 Å². The number of hydrogen-bond donors (Lipinski definition) is 3. The maximum Gasteiger partial charge on any atom is 0.267 e. The molecular weight excluding hydrogens is 230 g/mol. The third-order valence-electron chi connectivity index (χ3n) is 2.22. The Morgan fingerprint density at radius 3 is 2.69 bits per heavy atom. The number of sulfonamides is 1. The lowest BCUT2D eigenvalue weighted by Gasteiger charge is -2.09. The zero-order chi connectivity index (χ0) is 12.3. The Morgan fingerprint density at radius 2 is 2.25 bits per heavy atom. The molecule has 90 valence electrons. The monoisotopic (exact) mass is 245 g/mol. The molecule has 0 radical (unpaired) electrons. The smallest absolute Gasteiger partial charge is 0.267 e. The first-order chi connectivity index (χ1) is 7.34. The molecule has 0 aromatic carbocycles. The molecule has 0 fully saturated rings. The quantitative estimate of drug-likeness (QED) is 0.705. The van der Waals surface area contributed by atoms with Crippen LogP contribution in [0.1, 0.15) is 30.8 Å². The highest BCUT2D eigenvalue weighted by Crippen LogP contribution is 2.08. The van der Waals surface area contributed by atoms with Gasteiger partial charge in [0.1, 0.15) is 5.69 Å². The zero-order valence-corrected chi connectivity index (χ0v) is 9.97. The van der Waals surface area contributed by atoms with E-state index in [1.807, 2.05) is 13.8 Å². The molecule has 1 heterocycles. The standard InChI is InChI=1S/C9H15N3O3S/c1-3-6(2)12-9(13)8-4-7(5-11-8)16(10,14)15/h4-6,11H,3H2,1-2H3,(H,12,13)(H2,10,14,15). The number of hydrogen-bond acceptors (Lipinski definition) is 3. The Labute approximate surface area is 94.3 Å². The van der Waals surface area contributed by atoms with Gasteiger partial charge in [-0.3, -0.25) is 4.79 Å². The minimum Gasteiger partial charge on any atom is -0.356 e. The molecule has 1 aromatic heterocycles. The first kappa shape index (κ1) is 12.7. The summed E-state index contributed by atoms with van der Waals surface area (Å²) in [5.41, 5.74) is 0.185. The lowest BCUT2D eigenvalue weighted by Crippen LogP contribution is -2.32. The van der Waals surface area contributed by atoms with Crippen molar-refractivity contribution in [2.24, 2.45) is 5.14 Å². The van der Waals surface area contributed by atoms with Crippen LogP contribution in [0.5, 0.6) is 0 Å². The Bertz CT molecular complexity index is 478. The fourth-order valence-corrected chi connectivity index (χ4v) is 1.58. The number of rotatable bonds is 4. The number of nitrogens with one attached hydrogen (secondary N) is 2. The van der Waals surface area contributed by atoms with Gasteiger partial charge < -0.3 is 10.3 Å². The molecule has 0 aliphatic heterocycles. The predicted octanol–water partition coefficient (Wildman–Crippen LogP) is 0.190. The van der Waals surface area contributed by atoms with E-state index in [0.29, 0.717) is 0 Å². The fourth-order valence-electron chi connectivity index (χ4n) is 1.07. The van der Waals surface area contributed by atoms with Gasteiger partial charge in [-0.2, -0.15) is 0 Å². The van der Waals surface area contributed by atoms with E-state index in [1.54, 1.807) is 0 Å². The van der Waals surface area contributed by atoms with Gasteiger partial charge in [0.25, 0.3) is 5.91 Å². The van der Waals surface area contributed by atoms with Gasteiger partial charge in [0.05, 0.1) is 4.90 Å². The summed E-state index contributed by atoms with van der Waals surface area (Å²) < 4.78 is 21.9. The Hall–Kier alpha value is -1.34. The van der Waals surface area contributed by atoms with Gasteiger partial charge in [-0.25, -0.2) is 13.6 Å². The molecule has 0 aliphatic carbocycles. The summed E-state index contributed by atoms with van der Waals surface area (Å²) in [6.45, 7) is 3.80. The SMILES string of the molecule is CCC(C)NC(=O)c1cc(S(N)(=O)=O)c[nH]1. The number of aromatic amines is 1. The van der Waals surface area contributed by atoms with Crippen molar-refractivity contribution in [3.63, 3.8) is 0 Å². The normalized spacial score (nSPS) is 13.4. The van der Waals surface area contributed by atoms with Crippen molar-refractivity contribution in [2.45, 2.75) is 31.2 Å². The second-order valence-electron chi connectivity index (χ2n) is 3.58. The molecule has 0 bridgehead atoms. The van der Waals surface area contributed by atoms with E-state index in [-0.39, 0.29) is 22.5 Å². The van der Waals surface area contributed by atoms with E-state index in [4.69, 9.17) is 5.14 Å². The summed E-state index contributed by atoms with van der Waals surface area (Å²) in [4.78, 5) is 14.1. The maximum absolute atomic E-state index is 11.6. The average molecular weight is 245 g/mol. The van der Waals surface area contributed by atoms with Gasteiger partial charge in [-0.1, -0.05) is 6.92 Å². The summed E-state index contributed by atoms with van der Waals surface area (Å²) in [5.74, 6) is -0.343. The molecule has 1 atom stereocenters.